The van der Waals surface area contributed by atoms with E-state index in [1.165, 1.54) is 17.0 Å². The predicted molar refractivity (Wildman–Crippen MR) is 110 cm³/mol. The van der Waals surface area contributed by atoms with Crippen LogP contribution in [0.4, 0.5) is 24.5 Å². The Kier molecular flexibility index (Phi) is 4.96. The minimum atomic E-state index is -4.75. The van der Waals surface area contributed by atoms with Gasteiger partial charge in [0.25, 0.3) is 5.91 Å². The molecule has 1 N–H and O–H groups in total. The fourth-order valence-electron chi connectivity index (χ4n) is 4.32. The molecule has 0 radical (unpaired) electrons. The standard InChI is InChI=1S/C23H18F3N3O3/c1-14-28(18-8-5-16(13-27)19(12-18)23(24,25)26)21(32)22(9-2-10-22)29(14)17-6-3-15(4-7-17)11-20(30)31/h3-8,12H,1-2,9-11H2,(H,30,31). The molecule has 1 heterocycles. The van der Waals surface area contributed by atoms with Crippen molar-refractivity contribution < 1.29 is 27.9 Å². The van der Waals surface area contributed by atoms with E-state index in [1.807, 2.05) is 0 Å². The summed E-state index contributed by atoms with van der Waals surface area (Å²) in [5, 5.41) is 18.0. The van der Waals surface area contributed by atoms with E-state index in [9.17, 15) is 22.8 Å². The second kappa shape index (κ2) is 7.41. The van der Waals surface area contributed by atoms with Crippen LogP contribution >= 0.6 is 0 Å². The molecule has 1 saturated carbocycles. The van der Waals surface area contributed by atoms with Gasteiger partial charge < -0.3 is 10.0 Å². The quantitative estimate of drug-likeness (QED) is 0.758. The van der Waals surface area contributed by atoms with Crippen LogP contribution in [0.2, 0.25) is 0 Å². The van der Waals surface area contributed by atoms with Crippen molar-refractivity contribution in [1.82, 2.24) is 0 Å². The van der Waals surface area contributed by atoms with Gasteiger partial charge in [-0.25, -0.2) is 0 Å². The molecule has 9 heteroatoms. The van der Waals surface area contributed by atoms with E-state index in [1.54, 1.807) is 29.2 Å². The monoisotopic (exact) mass is 441 g/mol. The zero-order chi connectivity index (χ0) is 23.3. The molecule has 2 aromatic carbocycles. The SMILES string of the molecule is C=C1N(c2ccc(C#N)c(C(F)(F)F)c2)C(=O)C2(CCC2)N1c1ccc(CC(=O)O)cc1. The number of aliphatic carboxylic acids is 1. The Labute approximate surface area is 181 Å². The maximum Gasteiger partial charge on any atom is 0.417 e. The Morgan fingerprint density at radius 3 is 2.28 bits per heavy atom. The first-order valence-corrected chi connectivity index (χ1v) is 9.84. The third-order valence-electron chi connectivity index (χ3n) is 5.96. The lowest BCUT2D eigenvalue weighted by atomic mass is 9.75. The normalized spacial score (nSPS) is 17.4. The smallest absolute Gasteiger partial charge is 0.417 e. The van der Waals surface area contributed by atoms with Crippen LogP contribution < -0.4 is 9.80 Å². The molecule has 4 rings (SSSR count). The third kappa shape index (κ3) is 3.28. The first kappa shape index (κ1) is 21.4. The molecule has 164 valence electrons. The number of carboxylic acids is 1. The van der Waals surface area contributed by atoms with Gasteiger partial charge in [0.05, 0.1) is 29.3 Å². The summed E-state index contributed by atoms with van der Waals surface area (Å²) in [6.45, 7) is 3.99. The Morgan fingerprint density at radius 2 is 1.78 bits per heavy atom. The Bertz CT molecular complexity index is 1160. The van der Waals surface area contributed by atoms with Crippen LogP contribution in [-0.2, 0) is 22.2 Å². The topological polar surface area (TPSA) is 84.6 Å². The number of nitrogens with zero attached hydrogens (tertiary/aromatic N) is 3. The van der Waals surface area contributed by atoms with E-state index in [0.717, 1.165) is 18.6 Å². The second-order valence-electron chi connectivity index (χ2n) is 7.85. The number of hydrogen-bond donors (Lipinski definition) is 1. The lowest BCUT2D eigenvalue weighted by Gasteiger charge is -2.43. The van der Waals surface area contributed by atoms with E-state index < -0.39 is 28.8 Å². The Morgan fingerprint density at radius 1 is 1.16 bits per heavy atom. The molecule has 1 spiro atoms. The van der Waals surface area contributed by atoms with E-state index >= 15 is 0 Å². The molecule has 32 heavy (non-hydrogen) atoms. The molecule has 1 saturated heterocycles. The van der Waals surface area contributed by atoms with E-state index in [-0.39, 0.29) is 23.8 Å². The Balaban J connectivity index is 1.76. The van der Waals surface area contributed by atoms with Gasteiger partial charge in [0.1, 0.15) is 11.4 Å². The summed E-state index contributed by atoms with van der Waals surface area (Å²) in [7, 11) is 0. The first-order chi connectivity index (χ1) is 15.1. The number of amides is 1. The van der Waals surface area contributed by atoms with Gasteiger partial charge in [-0.2, -0.15) is 18.4 Å². The average Bonchev–Trinajstić information content (AvgIpc) is 2.94. The highest BCUT2D eigenvalue weighted by Gasteiger charge is 2.58. The molecule has 2 aliphatic rings. The maximum absolute atomic E-state index is 13.5. The molecule has 6 nitrogen and oxygen atoms in total. The number of rotatable bonds is 4. The zero-order valence-electron chi connectivity index (χ0n) is 16.8. The predicted octanol–water partition coefficient (Wildman–Crippen LogP) is 4.45. The Hall–Kier alpha value is -3.80. The van der Waals surface area contributed by atoms with E-state index in [4.69, 9.17) is 10.4 Å². The molecular formula is C23H18F3N3O3. The first-order valence-electron chi connectivity index (χ1n) is 9.84. The molecule has 0 aromatic heterocycles. The molecule has 2 fully saturated rings. The number of hydrogen-bond acceptors (Lipinski definition) is 4. The summed E-state index contributed by atoms with van der Waals surface area (Å²) >= 11 is 0. The van der Waals surface area contributed by atoms with Crippen LogP contribution in [0.25, 0.3) is 0 Å². The van der Waals surface area contributed by atoms with Crippen molar-refractivity contribution in [2.45, 2.75) is 37.4 Å². The van der Waals surface area contributed by atoms with Gasteiger partial charge in [-0.1, -0.05) is 18.7 Å². The highest BCUT2D eigenvalue weighted by Crippen LogP contribution is 2.50. The molecule has 0 unspecified atom stereocenters. The molecular weight excluding hydrogens is 423 g/mol. The van der Waals surface area contributed by atoms with Gasteiger partial charge in [-0.15, -0.1) is 0 Å². The van der Waals surface area contributed by atoms with Crippen LogP contribution in [-0.4, -0.2) is 22.5 Å². The maximum atomic E-state index is 13.5. The van der Waals surface area contributed by atoms with Gasteiger partial charge >= 0.3 is 12.1 Å². The minimum absolute atomic E-state index is 0.0115. The van der Waals surface area contributed by atoms with Gasteiger partial charge in [0, 0.05) is 5.69 Å². The third-order valence-corrected chi connectivity index (χ3v) is 5.96. The molecule has 1 aliphatic carbocycles. The highest BCUT2D eigenvalue weighted by molar-refractivity contribution is 6.11. The summed E-state index contributed by atoms with van der Waals surface area (Å²) in [6, 6.07) is 11.3. The van der Waals surface area contributed by atoms with Crippen molar-refractivity contribution in [3.63, 3.8) is 0 Å². The fourth-order valence-corrected chi connectivity index (χ4v) is 4.32. The van der Waals surface area contributed by atoms with Gasteiger partial charge in [-0.3, -0.25) is 14.5 Å². The molecule has 1 amide bonds. The number of anilines is 2. The van der Waals surface area contributed by atoms with Crippen molar-refractivity contribution in [2.24, 2.45) is 0 Å². The lowest BCUT2D eigenvalue weighted by Crippen LogP contribution is -2.54. The lowest BCUT2D eigenvalue weighted by molar-refractivity contribution is -0.138. The summed E-state index contributed by atoms with van der Waals surface area (Å²) in [6.07, 6.45) is -3.09. The largest absolute Gasteiger partial charge is 0.481 e. The molecule has 1 aliphatic heterocycles. The number of carboxylic acid groups (broad SMARTS) is 1. The van der Waals surface area contributed by atoms with Gasteiger partial charge in [0.15, 0.2) is 0 Å². The van der Waals surface area contributed by atoms with E-state index in [2.05, 4.69) is 6.58 Å². The molecule has 2 aromatic rings. The average molecular weight is 441 g/mol. The highest BCUT2D eigenvalue weighted by atomic mass is 19.4. The number of alkyl halides is 3. The summed E-state index contributed by atoms with van der Waals surface area (Å²) in [5.41, 5.74) is -1.41. The van der Waals surface area contributed by atoms with Crippen molar-refractivity contribution >= 4 is 23.3 Å². The number of benzene rings is 2. The number of carbonyl (C=O) groups excluding carboxylic acids is 1. The summed E-state index contributed by atoms with van der Waals surface area (Å²) in [4.78, 5) is 27.2. The van der Waals surface area contributed by atoms with Crippen LogP contribution in [0.15, 0.2) is 54.9 Å². The van der Waals surface area contributed by atoms with Gasteiger partial charge in [-0.05, 0) is 55.2 Å². The zero-order valence-corrected chi connectivity index (χ0v) is 16.8. The van der Waals surface area contributed by atoms with Crippen LogP contribution in [0.5, 0.6) is 0 Å². The number of nitriles is 1. The van der Waals surface area contributed by atoms with Crippen LogP contribution in [0.3, 0.4) is 0 Å². The van der Waals surface area contributed by atoms with Crippen LogP contribution in [0, 0.1) is 11.3 Å². The fraction of sp³-hybridized carbons (Fsp3) is 0.261. The summed E-state index contributed by atoms with van der Waals surface area (Å²) in [5.74, 6) is -1.14. The van der Waals surface area contributed by atoms with Crippen molar-refractivity contribution in [3.05, 3.63) is 71.6 Å². The molecule has 0 atom stereocenters. The minimum Gasteiger partial charge on any atom is -0.481 e. The van der Waals surface area contributed by atoms with Crippen LogP contribution in [0.1, 0.15) is 36.0 Å². The van der Waals surface area contributed by atoms with Crippen molar-refractivity contribution in [1.29, 1.82) is 5.26 Å². The van der Waals surface area contributed by atoms with Gasteiger partial charge in [0.2, 0.25) is 0 Å². The number of halogens is 3. The molecule has 0 bridgehead atoms. The van der Waals surface area contributed by atoms with Crippen molar-refractivity contribution in [3.8, 4) is 6.07 Å². The second-order valence-corrected chi connectivity index (χ2v) is 7.85. The van der Waals surface area contributed by atoms with E-state index in [0.29, 0.717) is 24.1 Å². The summed E-state index contributed by atoms with van der Waals surface area (Å²) < 4.78 is 40.4. The number of carbonyl (C=O) groups is 2. The van der Waals surface area contributed by atoms with Crippen molar-refractivity contribution in [2.75, 3.05) is 9.80 Å².